The van der Waals surface area contributed by atoms with Crippen molar-refractivity contribution in [3.05, 3.63) is 45.0 Å². The number of hydrazone groups is 1. The third-order valence-electron chi connectivity index (χ3n) is 3.83. The number of phenolic OH excluding ortho intramolecular Hbond substituents is 1. The lowest BCUT2D eigenvalue weighted by atomic mass is 10.2. The van der Waals surface area contributed by atoms with Gasteiger partial charge in [-0.05, 0) is 64.9 Å². The van der Waals surface area contributed by atoms with Crippen LogP contribution in [0.1, 0.15) is 18.1 Å². The van der Waals surface area contributed by atoms with E-state index in [4.69, 9.17) is 14.2 Å². The van der Waals surface area contributed by atoms with Gasteiger partial charge in [-0.1, -0.05) is 6.07 Å². The fourth-order valence-electron chi connectivity index (χ4n) is 2.46. The average Bonchev–Trinajstić information content (AvgIpc) is 3.17. The largest absolute Gasteiger partial charge is 0.504 e. The monoisotopic (exact) mass is 511 g/mol. The molecule has 0 saturated carbocycles. The maximum Gasteiger partial charge on any atom is 0.329 e. The summed E-state index contributed by atoms with van der Waals surface area (Å²) in [6, 6.07) is 8.49. The average molecular weight is 511 g/mol. The number of ether oxygens (including phenoxy) is 3. The van der Waals surface area contributed by atoms with Gasteiger partial charge < -0.3 is 24.6 Å². The van der Waals surface area contributed by atoms with E-state index in [1.807, 2.05) is 22.6 Å². The molecule has 0 radical (unpaired) electrons. The zero-order chi connectivity index (χ0) is 20.8. The SMILES string of the molecule is CCOc1cc(/C=N\NC(=O)C(=O)NCc2ccc3c(c2)OCO3)cc(I)c1O. The number of benzene rings is 2. The van der Waals surface area contributed by atoms with Gasteiger partial charge in [0, 0.05) is 6.54 Å². The second-order valence-electron chi connectivity index (χ2n) is 5.85. The first-order valence-electron chi connectivity index (χ1n) is 8.63. The Balaban J connectivity index is 1.53. The van der Waals surface area contributed by atoms with Gasteiger partial charge in [0.25, 0.3) is 0 Å². The van der Waals surface area contributed by atoms with Crippen molar-refractivity contribution in [2.45, 2.75) is 13.5 Å². The van der Waals surface area contributed by atoms with Crippen molar-refractivity contribution in [2.24, 2.45) is 5.10 Å². The van der Waals surface area contributed by atoms with E-state index in [1.54, 1.807) is 37.3 Å². The highest BCUT2D eigenvalue weighted by Crippen LogP contribution is 2.33. The molecule has 0 saturated heterocycles. The van der Waals surface area contributed by atoms with Gasteiger partial charge in [0.2, 0.25) is 6.79 Å². The zero-order valence-electron chi connectivity index (χ0n) is 15.4. The summed E-state index contributed by atoms with van der Waals surface area (Å²) in [5.41, 5.74) is 3.52. The van der Waals surface area contributed by atoms with E-state index in [-0.39, 0.29) is 19.1 Å². The van der Waals surface area contributed by atoms with Crippen molar-refractivity contribution in [2.75, 3.05) is 13.4 Å². The molecule has 0 aliphatic carbocycles. The van der Waals surface area contributed by atoms with Gasteiger partial charge in [0.05, 0.1) is 16.4 Å². The molecule has 0 aromatic heterocycles. The lowest BCUT2D eigenvalue weighted by Gasteiger charge is -2.08. The summed E-state index contributed by atoms with van der Waals surface area (Å²) in [6.07, 6.45) is 1.35. The molecule has 0 fully saturated rings. The van der Waals surface area contributed by atoms with Crippen LogP contribution in [0.2, 0.25) is 0 Å². The Bertz CT molecular complexity index is 963. The van der Waals surface area contributed by atoms with E-state index < -0.39 is 11.8 Å². The van der Waals surface area contributed by atoms with Gasteiger partial charge in [0.15, 0.2) is 23.0 Å². The summed E-state index contributed by atoms with van der Waals surface area (Å²) in [5.74, 6) is -0.134. The van der Waals surface area contributed by atoms with Gasteiger partial charge in [-0.25, -0.2) is 5.43 Å². The Morgan fingerprint density at radius 1 is 1.24 bits per heavy atom. The van der Waals surface area contributed by atoms with Crippen molar-refractivity contribution in [1.82, 2.24) is 10.7 Å². The van der Waals surface area contributed by atoms with E-state index in [0.29, 0.717) is 33.0 Å². The highest BCUT2D eigenvalue weighted by atomic mass is 127. The molecule has 2 aromatic rings. The van der Waals surface area contributed by atoms with Gasteiger partial charge in [0.1, 0.15) is 0 Å². The first kappa shape index (κ1) is 20.7. The number of carbonyl (C=O) groups excluding carboxylic acids is 2. The van der Waals surface area contributed by atoms with E-state index in [2.05, 4.69) is 15.8 Å². The fraction of sp³-hybridized carbons (Fsp3) is 0.211. The Morgan fingerprint density at radius 3 is 2.83 bits per heavy atom. The molecule has 10 heteroatoms. The molecule has 3 rings (SSSR count). The van der Waals surface area contributed by atoms with E-state index in [0.717, 1.165) is 5.56 Å². The van der Waals surface area contributed by atoms with E-state index in [9.17, 15) is 14.7 Å². The summed E-state index contributed by atoms with van der Waals surface area (Å²) >= 11 is 1.96. The molecule has 1 heterocycles. The molecule has 0 spiro atoms. The number of nitrogens with one attached hydrogen (secondary N) is 2. The molecule has 1 aliphatic heterocycles. The Morgan fingerprint density at radius 2 is 2.03 bits per heavy atom. The lowest BCUT2D eigenvalue weighted by molar-refractivity contribution is -0.139. The lowest BCUT2D eigenvalue weighted by Crippen LogP contribution is -2.37. The third-order valence-corrected chi connectivity index (χ3v) is 4.65. The molecule has 3 N–H and O–H groups in total. The summed E-state index contributed by atoms with van der Waals surface area (Å²) in [5, 5.41) is 16.2. The van der Waals surface area contributed by atoms with Crippen LogP contribution >= 0.6 is 22.6 Å². The minimum atomic E-state index is -0.902. The highest BCUT2D eigenvalue weighted by Gasteiger charge is 2.15. The molecular weight excluding hydrogens is 493 g/mol. The maximum absolute atomic E-state index is 11.9. The standard InChI is InChI=1S/C19H18IN3O6/c1-2-27-16-7-12(5-13(20)17(16)24)9-22-23-19(26)18(25)21-8-11-3-4-14-15(6-11)29-10-28-14/h3-7,9,24H,2,8,10H2,1H3,(H,21,25)(H,23,26)/b22-9-. The molecule has 0 unspecified atom stereocenters. The van der Waals surface area contributed by atoms with Crippen molar-refractivity contribution in [3.63, 3.8) is 0 Å². The van der Waals surface area contributed by atoms with Crippen LogP contribution < -0.4 is 25.0 Å². The number of hydrogen-bond donors (Lipinski definition) is 3. The van der Waals surface area contributed by atoms with Gasteiger partial charge in [-0.2, -0.15) is 5.10 Å². The van der Waals surface area contributed by atoms with Crippen LogP contribution in [0.4, 0.5) is 0 Å². The number of rotatable bonds is 6. The van der Waals surface area contributed by atoms with Crippen LogP contribution in [-0.4, -0.2) is 36.5 Å². The summed E-state index contributed by atoms with van der Waals surface area (Å²) in [6.45, 7) is 2.51. The van der Waals surface area contributed by atoms with Crippen molar-refractivity contribution in [1.29, 1.82) is 0 Å². The van der Waals surface area contributed by atoms with E-state index >= 15 is 0 Å². The Kier molecular flexibility index (Phi) is 6.75. The quantitative estimate of drug-likeness (QED) is 0.236. The smallest absolute Gasteiger partial charge is 0.329 e. The molecule has 1 aliphatic rings. The number of aromatic hydroxyl groups is 1. The summed E-state index contributed by atoms with van der Waals surface area (Å²) in [4.78, 5) is 23.8. The number of amides is 2. The number of hydrogen-bond acceptors (Lipinski definition) is 7. The second-order valence-corrected chi connectivity index (χ2v) is 7.01. The van der Waals surface area contributed by atoms with Crippen molar-refractivity contribution in [3.8, 4) is 23.0 Å². The van der Waals surface area contributed by atoms with E-state index in [1.165, 1.54) is 6.21 Å². The maximum atomic E-state index is 11.9. The first-order valence-corrected chi connectivity index (χ1v) is 9.71. The minimum Gasteiger partial charge on any atom is -0.504 e. The molecule has 9 nitrogen and oxygen atoms in total. The number of nitrogens with zero attached hydrogens (tertiary/aromatic N) is 1. The molecule has 152 valence electrons. The predicted octanol–water partition coefficient (Wildman–Crippen LogP) is 1.89. The topological polar surface area (TPSA) is 118 Å². The van der Waals surface area contributed by atoms with Crippen LogP contribution in [0.25, 0.3) is 0 Å². The predicted molar refractivity (Wildman–Crippen MR) is 112 cm³/mol. The van der Waals surface area contributed by atoms with Crippen molar-refractivity contribution >= 4 is 40.6 Å². The number of carbonyl (C=O) groups is 2. The minimum absolute atomic E-state index is 0.0385. The number of phenols is 1. The second kappa shape index (κ2) is 9.45. The molecule has 2 amide bonds. The highest BCUT2D eigenvalue weighted by molar-refractivity contribution is 14.1. The van der Waals surface area contributed by atoms with Gasteiger partial charge in [-0.3, -0.25) is 9.59 Å². The van der Waals surface area contributed by atoms with Crippen LogP contribution in [0, 0.1) is 3.57 Å². The number of halogens is 1. The summed E-state index contributed by atoms with van der Waals surface area (Å²) in [7, 11) is 0. The Hall–Kier alpha value is -3.02. The van der Waals surface area contributed by atoms with Crippen molar-refractivity contribution < 1.29 is 28.9 Å². The van der Waals surface area contributed by atoms with Gasteiger partial charge >= 0.3 is 11.8 Å². The molecule has 0 atom stereocenters. The molecule has 2 aromatic carbocycles. The normalized spacial score (nSPS) is 12.1. The van der Waals surface area contributed by atoms with Crippen LogP contribution in [0.15, 0.2) is 35.4 Å². The molecule has 29 heavy (non-hydrogen) atoms. The number of fused-ring (bicyclic) bond motifs is 1. The zero-order valence-corrected chi connectivity index (χ0v) is 17.6. The van der Waals surface area contributed by atoms with Crippen LogP contribution in [0.5, 0.6) is 23.0 Å². The summed E-state index contributed by atoms with van der Waals surface area (Å²) < 4.78 is 16.4. The fourth-order valence-corrected chi connectivity index (χ4v) is 3.09. The Labute approximate surface area is 180 Å². The van der Waals surface area contributed by atoms with Crippen LogP contribution in [-0.2, 0) is 16.1 Å². The first-order chi connectivity index (χ1) is 14.0. The molecular formula is C19H18IN3O6. The van der Waals surface area contributed by atoms with Crippen LogP contribution in [0.3, 0.4) is 0 Å². The third kappa shape index (κ3) is 5.28. The van der Waals surface area contributed by atoms with Gasteiger partial charge in [-0.15, -0.1) is 0 Å². The molecule has 0 bridgehead atoms.